The number of unbranched alkanes of at least 4 members (excludes halogenated alkanes) is 24. The van der Waals surface area contributed by atoms with E-state index in [0.717, 1.165) is 57.8 Å². The molecule has 0 heterocycles. The number of amides is 2. The van der Waals surface area contributed by atoms with Crippen LogP contribution in [0.25, 0.3) is 0 Å². The Morgan fingerprint density at radius 2 is 0.962 bits per heavy atom. The van der Waals surface area contributed by atoms with Crippen LogP contribution in [-0.4, -0.2) is 59.3 Å². The van der Waals surface area contributed by atoms with E-state index in [9.17, 15) is 19.2 Å². The van der Waals surface area contributed by atoms with Crippen LogP contribution in [0.2, 0.25) is 0 Å². The normalized spacial score (nSPS) is 12.5. The van der Waals surface area contributed by atoms with Crippen LogP contribution in [0.1, 0.15) is 219 Å². The van der Waals surface area contributed by atoms with Gasteiger partial charge in [0, 0.05) is 12.8 Å². The van der Waals surface area contributed by atoms with E-state index in [1.54, 1.807) is 0 Å². The molecule has 0 saturated carbocycles. The fraction of sp³-hybridized carbons (Fsp3) is 0.864. The van der Waals surface area contributed by atoms with Gasteiger partial charge in [-0.3, -0.25) is 14.4 Å². The monoisotopic (exact) mass is 751 g/mol. The van der Waals surface area contributed by atoms with Gasteiger partial charge in [0.1, 0.15) is 12.1 Å². The van der Waals surface area contributed by atoms with Gasteiger partial charge in [0.05, 0.1) is 13.2 Å². The molecular formula is C44H82N2O7. The third-order valence-electron chi connectivity index (χ3n) is 10.0. The Labute approximate surface area is 324 Å². The summed E-state index contributed by atoms with van der Waals surface area (Å²) in [6.07, 6.45) is 41.1. The zero-order chi connectivity index (χ0) is 39.0. The lowest BCUT2D eigenvalue weighted by molar-refractivity contribution is -0.150. The zero-order valence-electron chi connectivity index (χ0n) is 34.3. The highest BCUT2D eigenvalue weighted by molar-refractivity contribution is 5.87. The molecule has 0 spiro atoms. The van der Waals surface area contributed by atoms with Gasteiger partial charge in [0.15, 0.2) is 0 Å². The van der Waals surface area contributed by atoms with Crippen molar-refractivity contribution < 1.29 is 34.1 Å². The van der Waals surface area contributed by atoms with Gasteiger partial charge >= 0.3 is 11.9 Å². The van der Waals surface area contributed by atoms with Crippen molar-refractivity contribution in [1.82, 2.24) is 10.6 Å². The van der Waals surface area contributed by atoms with Gasteiger partial charge in [0.25, 0.3) is 0 Å². The lowest BCUT2D eigenvalue weighted by Gasteiger charge is -2.18. The Balaban J connectivity index is 4.04. The maximum absolute atomic E-state index is 12.7. The molecule has 0 bridgehead atoms. The summed E-state index contributed by atoms with van der Waals surface area (Å²) in [7, 11) is 0. The first-order valence-corrected chi connectivity index (χ1v) is 22.1. The molecule has 310 valence electrons. The maximum atomic E-state index is 12.7. The number of carboxylic acid groups (broad SMARTS) is 1. The summed E-state index contributed by atoms with van der Waals surface area (Å²) in [6, 6.07) is -1.38. The minimum Gasteiger partial charge on any atom is -0.480 e. The Kier molecular flexibility index (Phi) is 37.5. The third-order valence-corrected chi connectivity index (χ3v) is 10.0. The summed E-state index contributed by atoms with van der Waals surface area (Å²) in [5.41, 5.74) is 0. The molecule has 2 unspecified atom stereocenters. The number of hydrogen-bond acceptors (Lipinski definition) is 6. The van der Waals surface area contributed by atoms with Crippen LogP contribution in [-0.2, 0) is 23.9 Å². The molecule has 53 heavy (non-hydrogen) atoms. The quantitative estimate of drug-likeness (QED) is 0.0277. The first kappa shape index (κ1) is 50.6. The molecule has 9 heteroatoms. The van der Waals surface area contributed by atoms with E-state index in [-0.39, 0.29) is 24.5 Å². The number of hydrogen-bond donors (Lipinski definition) is 4. The van der Waals surface area contributed by atoms with E-state index in [1.165, 1.54) is 128 Å². The van der Waals surface area contributed by atoms with Crippen LogP contribution >= 0.6 is 0 Å². The van der Waals surface area contributed by atoms with Gasteiger partial charge in [-0.2, -0.15) is 0 Å². The van der Waals surface area contributed by atoms with E-state index in [2.05, 4.69) is 36.6 Å². The molecule has 0 aromatic rings. The Morgan fingerprint density at radius 3 is 1.42 bits per heavy atom. The maximum Gasteiger partial charge on any atom is 0.328 e. The molecule has 0 fully saturated rings. The minimum absolute atomic E-state index is 0.00651. The highest BCUT2D eigenvalue weighted by atomic mass is 16.5. The number of carbonyl (C=O) groups is 4. The Bertz CT molecular complexity index is 910. The van der Waals surface area contributed by atoms with Crippen LogP contribution in [0, 0.1) is 0 Å². The first-order valence-electron chi connectivity index (χ1n) is 22.1. The first-order chi connectivity index (χ1) is 25.8. The fourth-order valence-electron chi connectivity index (χ4n) is 6.59. The molecule has 2 atom stereocenters. The summed E-state index contributed by atoms with van der Waals surface area (Å²) in [6.45, 7) is 3.47. The molecule has 0 aliphatic carbocycles. The number of aliphatic hydroxyl groups excluding tert-OH is 1. The highest BCUT2D eigenvalue weighted by Gasteiger charge is 2.19. The molecule has 9 nitrogen and oxygen atoms in total. The molecule has 0 saturated heterocycles. The summed E-state index contributed by atoms with van der Waals surface area (Å²) < 4.78 is 5.99. The number of rotatable bonds is 40. The summed E-state index contributed by atoms with van der Waals surface area (Å²) in [4.78, 5) is 47.4. The van der Waals surface area contributed by atoms with Crippen molar-refractivity contribution in [2.75, 3.05) is 13.2 Å². The molecule has 0 aliphatic heterocycles. The van der Waals surface area contributed by atoms with Crippen LogP contribution in [0.4, 0.5) is 0 Å². The van der Waals surface area contributed by atoms with Crippen molar-refractivity contribution in [3.8, 4) is 0 Å². The standard InChI is InChI=1S/C44H82N2O7/c1-3-5-7-9-11-12-13-14-15-16-17-18-19-20-21-22-23-28-32-36-43(50)53-39(33-29-25-10-8-6-4-2)34-30-26-24-27-31-35-41(48)45-37-42(49)46-40(38-47)44(51)52/h14-15,39-40,47H,3-13,16-38H2,1-2H3,(H,45,48)(H,46,49)(H,51,52)/b15-14-. The topological polar surface area (TPSA) is 142 Å². The van der Waals surface area contributed by atoms with Crippen molar-refractivity contribution >= 4 is 23.8 Å². The largest absolute Gasteiger partial charge is 0.480 e. The highest BCUT2D eigenvalue weighted by Crippen LogP contribution is 2.19. The zero-order valence-corrected chi connectivity index (χ0v) is 34.3. The molecule has 0 rings (SSSR count). The van der Waals surface area contributed by atoms with E-state index >= 15 is 0 Å². The van der Waals surface area contributed by atoms with Gasteiger partial charge in [-0.25, -0.2) is 4.79 Å². The summed E-state index contributed by atoms with van der Waals surface area (Å²) >= 11 is 0. The molecule has 0 radical (unpaired) electrons. The molecule has 2 amide bonds. The number of aliphatic hydroxyl groups is 1. The third kappa shape index (κ3) is 36.3. The Hall–Kier alpha value is -2.42. The van der Waals surface area contributed by atoms with Crippen molar-refractivity contribution in [2.24, 2.45) is 0 Å². The second-order valence-corrected chi connectivity index (χ2v) is 15.1. The van der Waals surface area contributed by atoms with Crippen molar-refractivity contribution in [3.63, 3.8) is 0 Å². The Morgan fingerprint density at radius 1 is 0.547 bits per heavy atom. The van der Waals surface area contributed by atoms with Crippen molar-refractivity contribution in [3.05, 3.63) is 12.2 Å². The SMILES string of the molecule is CCCCCCCC/C=C\CCCCCCCCCCCC(=O)OC(CCCCCCCC)CCCCCCCC(=O)NCC(=O)NC(CO)C(=O)O. The number of nitrogens with one attached hydrogen (secondary N) is 2. The lowest BCUT2D eigenvalue weighted by atomic mass is 10.0. The molecule has 0 aliphatic rings. The van der Waals surface area contributed by atoms with Crippen LogP contribution in [0.5, 0.6) is 0 Å². The molecule has 4 N–H and O–H groups in total. The molecular weight excluding hydrogens is 668 g/mol. The fourth-order valence-corrected chi connectivity index (χ4v) is 6.59. The van der Waals surface area contributed by atoms with Crippen LogP contribution in [0.15, 0.2) is 12.2 Å². The molecule has 0 aromatic carbocycles. The average Bonchev–Trinajstić information content (AvgIpc) is 3.14. The second-order valence-electron chi connectivity index (χ2n) is 15.1. The number of carbonyl (C=O) groups excluding carboxylic acids is 3. The lowest BCUT2D eigenvalue weighted by Crippen LogP contribution is -2.47. The van der Waals surface area contributed by atoms with Crippen LogP contribution < -0.4 is 10.6 Å². The smallest absolute Gasteiger partial charge is 0.328 e. The molecule has 0 aromatic heterocycles. The van der Waals surface area contributed by atoms with E-state index < -0.39 is 24.5 Å². The summed E-state index contributed by atoms with van der Waals surface area (Å²) in [5, 5.41) is 22.5. The van der Waals surface area contributed by atoms with Crippen molar-refractivity contribution in [1.29, 1.82) is 0 Å². The number of esters is 1. The van der Waals surface area contributed by atoms with E-state index in [0.29, 0.717) is 19.3 Å². The van der Waals surface area contributed by atoms with Gasteiger partial charge in [-0.1, -0.05) is 154 Å². The van der Waals surface area contributed by atoms with E-state index in [4.69, 9.17) is 14.9 Å². The van der Waals surface area contributed by atoms with Gasteiger partial charge in [0.2, 0.25) is 11.8 Å². The predicted octanol–water partition coefficient (Wildman–Crippen LogP) is 10.7. The number of aliphatic carboxylic acids is 1. The predicted molar refractivity (Wildman–Crippen MR) is 218 cm³/mol. The number of ether oxygens (including phenoxy) is 1. The average molecular weight is 751 g/mol. The van der Waals surface area contributed by atoms with Gasteiger partial charge in [-0.15, -0.1) is 0 Å². The number of allylic oxidation sites excluding steroid dienone is 2. The van der Waals surface area contributed by atoms with Gasteiger partial charge < -0.3 is 25.6 Å². The van der Waals surface area contributed by atoms with Crippen LogP contribution in [0.3, 0.4) is 0 Å². The summed E-state index contributed by atoms with van der Waals surface area (Å²) in [5.74, 6) is -2.29. The number of carboxylic acids is 1. The van der Waals surface area contributed by atoms with E-state index in [1.807, 2.05) is 0 Å². The van der Waals surface area contributed by atoms with Gasteiger partial charge in [-0.05, 0) is 64.2 Å². The second kappa shape index (κ2) is 39.3. The van der Waals surface area contributed by atoms with Crippen molar-refractivity contribution in [2.45, 2.75) is 231 Å². The minimum atomic E-state index is -1.38.